The molecule has 148 valence electrons. The summed E-state index contributed by atoms with van der Waals surface area (Å²) in [5.41, 5.74) is 2.91. The van der Waals surface area contributed by atoms with E-state index in [0.717, 1.165) is 16.7 Å². The van der Waals surface area contributed by atoms with E-state index < -0.39 is 16.9 Å². The first kappa shape index (κ1) is 20.1. The second kappa shape index (κ2) is 9.01. The monoisotopic (exact) mass is 390 g/mol. The van der Waals surface area contributed by atoms with Gasteiger partial charge in [0.1, 0.15) is 11.4 Å². The third-order valence-corrected chi connectivity index (χ3v) is 4.51. The van der Waals surface area contributed by atoms with Crippen LogP contribution in [0.3, 0.4) is 0 Å². The summed E-state index contributed by atoms with van der Waals surface area (Å²) in [6.07, 6.45) is -0.343. The zero-order chi connectivity index (χ0) is 20.8. The predicted molar refractivity (Wildman–Crippen MR) is 113 cm³/mol. The van der Waals surface area contributed by atoms with Crippen molar-refractivity contribution in [2.24, 2.45) is 0 Å². The van der Waals surface area contributed by atoms with E-state index in [4.69, 9.17) is 4.74 Å². The van der Waals surface area contributed by atoms with E-state index in [1.807, 2.05) is 61.5 Å². The molecule has 0 radical (unpaired) electrons. The fourth-order valence-electron chi connectivity index (χ4n) is 2.95. The van der Waals surface area contributed by atoms with Crippen LogP contribution in [0.4, 0.5) is 11.4 Å². The van der Waals surface area contributed by atoms with Gasteiger partial charge in [0.2, 0.25) is 0 Å². The lowest BCUT2D eigenvalue weighted by molar-refractivity contribution is -0.384. The van der Waals surface area contributed by atoms with Gasteiger partial charge in [0.15, 0.2) is 6.10 Å². The van der Waals surface area contributed by atoms with Crippen LogP contribution in [0.25, 0.3) is 11.1 Å². The first-order chi connectivity index (χ1) is 14.0. The number of hydrogen-bond donors (Lipinski definition) is 1. The van der Waals surface area contributed by atoms with Crippen LogP contribution in [-0.2, 0) is 4.79 Å². The summed E-state index contributed by atoms with van der Waals surface area (Å²) in [6, 6.07) is 22.1. The van der Waals surface area contributed by atoms with Gasteiger partial charge in [0, 0.05) is 6.07 Å². The number of amides is 1. The predicted octanol–water partition coefficient (Wildman–Crippen LogP) is 5.37. The minimum absolute atomic E-state index is 0.139. The third-order valence-electron chi connectivity index (χ3n) is 4.51. The van der Waals surface area contributed by atoms with Crippen molar-refractivity contribution in [1.82, 2.24) is 0 Å². The van der Waals surface area contributed by atoms with Crippen LogP contribution >= 0.6 is 0 Å². The second-order valence-corrected chi connectivity index (χ2v) is 6.67. The van der Waals surface area contributed by atoms with Crippen LogP contribution in [0, 0.1) is 17.0 Å². The molecule has 0 saturated heterocycles. The topological polar surface area (TPSA) is 81.5 Å². The first-order valence-corrected chi connectivity index (χ1v) is 9.36. The molecule has 29 heavy (non-hydrogen) atoms. The van der Waals surface area contributed by atoms with E-state index in [9.17, 15) is 14.9 Å². The molecule has 0 aliphatic heterocycles. The quantitative estimate of drug-likeness (QED) is 0.434. The Bertz CT molecular complexity index is 1000. The number of nitrogens with one attached hydrogen (secondary N) is 1. The molecule has 1 amide bonds. The van der Waals surface area contributed by atoms with Crippen molar-refractivity contribution in [3.05, 3.63) is 88.5 Å². The van der Waals surface area contributed by atoms with Crippen molar-refractivity contribution in [1.29, 1.82) is 0 Å². The molecule has 3 rings (SSSR count). The van der Waals surface area contributed by atoms with Crippen LogP contribution < -0.4 is 10.1 Å². The molecule has 6 nitrogen and oxygen atoms in total. The Balaban J connectivity index is 1.72. The minimum Gasteiger partial charge on any atom is -0.481 e. The van der Waals surface area contributed by atoms with Crippen LogP contribution in [0.2, 0.25) is 0 Å². The number of anilines is 1. The Kier molecular flexibility index (Phi) is 6.24. The smallest absolute Gasteiger partial charge is 0.293 e. The second-order valence-electron chi connectivity index (χ2n) is 6.67. The van der Waals surface area contributed by atoms with Crippen LogP contribution in [0.1, 0.15) is 18.9 Å². The SMILES string of the molecule is CCC(Oc1ccc(-c2ccccc2)cc1)C(=O)Nc1ccc(C)cc1[N+](=O)[O-]. The highest BCUT2D eigenvalue weighted by Crippen LogP contribution is 2.27. The van der Waals surface area contributed by atoms with Crippen molar-refractivity contribution in [2.45, 2.75) is 26.4 Å². The van der Waals surface area contributed by atoms with Crippen molar-refractivity contribution in [2.75, 3.05) is 5.32 Å². The summed E-state index contributed by atoms with van der Waals surface area (Å²) >= 11 is 0. The Morgan fingerprint density at radius 3 is 2.31 bits per heavy atom. The Hall–Kier alpha value is -3.67. The van der Waals surface area contributed by atoms with E-state index in [1.54, 1.807) is 13.0 Å². The first-order valence-electron chi connectivity index (χ1n) is 9.36. The summed E-state index contributed by atoms with van der Waals surface area (Å²) in [5, 5.41) is 13.9. The van der Waals surface area contributed by atoms with Gasteiger partial charge in [-0.1, -0.05) is 55.5 Å². The number of carbonyl (C=O) groups excluding carboxylic acids is 1. The number of benzene rings is 3. The number of nitro groups is 1. The highest BCUT2D eigenvalue weighted by atomic mass is 16.6. The molecule has 3 aromatic rings. The number of rotatable bonds is 7. The fourth-order valence-corrected chi connectivity index (χ4v) is 2.95. The van der Waals surface area contributed by atoms with Gasteiger partial charge in [-0.15, -0.1) is 0 Å². The van der Waals surface area contributed by atoms with E-state index in [1.165, 1.54) is 12.1 Å². The van der Waals surface area contributed by atoms with Crippen molar-refractivity contribution < 1.29 is 14.5 Å². The lowest BCUT2D eigenvalue weighted by atomic mass is 10.1. The van der Waals surface area contributed by atoms with Gasteiger partial charge in [-0.3, -0.25) is 14.9 Å². The van der Waals surface area contributed by atoms with Gasteiger partial charge in [-0.25, -0.2) is 0 Å². The maximum atomic E-state index is 12.6. The van der Waals surface area contributed by atoms with Gasteiger partial charge in [-0.2, -0.15) is 0 Å². The van der Waals surface area contributed by atoms with E-state index in [0.29, 0.717) is 12.2 Å². The number of hydrogen-bond acceptors (Lipinski definition) is 4. The third kappa shape index (κ3) is 4.99. The van der Waals surface area contributed by atoms with Gasteiger partial charge in [-0.05, 0) is 48.2 Å². The van der Waals surface area contributed by atoms with E-state index in [-0.39, 0.29) is 11.4 Å². The Morgan fingerprint density at radius 1 is 1.03 bits per heavy atom. The molecule has 0 fully saturated rings. The molecule has 1 atom stereocenters. The largest absolute Gasteiger partial charge is 0.481 e. The maximum Gasteiger partial charge on any atom is 0.293 e. The normalized spacial score (nSPS) is 11.5. The zero-order valence-corrected chi connectivity index (χ0v) is 16.3. The van der Waals surface area contributed by atoms with Gasteiger partial charge in [0.25, 0.3) is 11.6 Å². The molecule has 6 heteroatoms. The average molecular weight is 390 g/mol. The number of nitrogens with zero attached hydrogens (tertiary/aromatic N) is 1. The van der Waals surface area contributed by atoms with Crippen LogP contribution in [0.5, 0.6) is 5.75 Å². The van der Waals surface area contributed by atoms with Crippen LogP contribution in [-0.4, -0.2) is 16.9 Å². The Morgan fingerprint density at radius 2 is 1.69 bits per heavy atom. The number of aryl methyl sites for hydroxylation is 1. The molecule has 0 bridgehead atoms. The molecular weight excluding hydrogens is 368 g/mol. The molecule has 0 heterocycles. The van der Waals surface area contributed by atoms with Crippen molar-refractivity contribution in [3.8, 4) is 16.9 Å². The lowest BCUT2D eigenvalue weighted by Gasteiger charge is -2.17. The summed E-state index contributed by atoms with van der Waals surface area (Å²) in [5.74, 6) is 0.136. The molecule has 0 aliphatic rings. The number of ether oxygens (including phenoxy) is 1. The summed E-state index contributed by atoms with van der Waals surface area (Å²) < 4.78 is 5.83. The molecule has 1 N–H and O–H groups in total. The molecule has 3 aromatic carbocycles. The standard InChI is InChI=1S/C23H22N2O4/c1-3-22(23(26)24-20-14-9-16(2)15-21(20)25(27)28)29-19-12-10-18(11-13-19)17-7-5-4-6-8-17/h4-15,22H,3H2,1-2H3,(H,24,26). The van der Waals surface area contributed by atoms with Crippen molar-refractivity contribution >= 4 is 17.3 Å². The van der Waals surface area contributed by atoms with Crippen molar-refractivity contribution in [3.63, 3.8) is 0 Å². The minimum atomic E-state index is -0.765. The Labute approximate surface area is 169 Å². The van der Waals surface area contributed by atoms with Gasteiger partial charge in [0.05, 0.1) is 4.92 Å². The van der Waals surface area contributed by atoms with Gasteiger partial charge >= 0.3 is 0 Å². The molecule has 0 aliphatic carbocycles. The molecule has 0 spiro atoms. The zero-order valence-electron chi connectivity index (χ0n) is 16.3. The summed E-state index contributed by atoms with van der Waals surface area (Å²) in [6.45, 7) is 3.59. The maximum absolute atomic E-state index is 12.6. The van der Waals surface area contributed by atoms with E-state index in [2.05, 4.69) is 5.32 Å². The molecular formula is C23H22N2O4. The number of carbonyl (C=O) groups is 1. The molecule has 0 aromatic heterocycles. The highest BCUT2D eigenvalue weighted by molar-refractivity contribution is 5.96. The summed E-state index contributed by atoms with van der Waals surface area (Å²) in [4.78, 5) is 23.4. The average Bonchev–Trinajstić information content (AvgIpc) is 2.74. The highest BCUT2D eigenvalue weighted by Gasteiger charge is 2.22. The lowest BCUT2D eigenvalue weighted by Crippen LogP contribution is -2.32. The van der Waals surface area contributed by atoms with Gasteiger partial charge < -0.3 is 10.1 Å². The molecule has 0 saturated carbocycles. The van der Waals surface area contributed by atoms with E-state index >= 15 is 0 Å². The van der Waals surface area contributed by atoms with Crippen LogP contribution in [0.15, 0.2) is 72.8 Å². The number of nitro benzene ring substituents is 1. The fraction of sp³-hybridized carbons (Fsp3) is 0.174. The summed E-state index contributed by atoms with van der Waals surface area (Å²) in [7, 11) is 0. The molecule has 1 unspecified atom stereocenters.